The van der Waals surface area contributed by atoms with Gasteiger partial charge in [0.1, 0.15) is 0 Å². The Morgan fingerprint density at radius 1 is 0.905 bits per heavy atom. The molecule has 2 N–H and O–H groups in total. The lowest BCUT2D eigenvalue weighted by Crippen LogP contribution is -2.04. The summed E-state index contributed by atoms with van der Waals surface area (Å²) in [5, 5.41) is 0. The first-order valence-electron chi connectivity index (χ1n) is 6.70. The Kier molecular flexibility index (Phi) is 6.14. The third kappa shape index (κ3) is 4.18. The molecule has 0 aromatic heterocycles. The second-order valence-corrected chi connectivity index (χ2v) is 4.02. The standard InChI is InChI=1S/C15H13NO3.C2H6/c1-19-15(18)11-7-5-10(6-8-11)14(17)12-3-2-4-13(16)9-12;1-2/h2-9H,16H2,1H3;1-2H3. The summed E-state index contributed by atoms with van der Waals surface area (Å²) in [5.41, 5.74) is 7.61. The summed E-state index contributed by atoms with van der Waals surface area (Å²) in [6.07, 6.45) is 0. The van der Waals surface area contributed by atoms with Crippen molar-refractivity contribution < 1.29 is 14.3 Å². The topological polar surface area (TPSA) is 69.4 Å². The van der Waals surface area contributed by atoms with Gasteiger partial charge in [-0.15, -0.1) is 0 Å². The van der Waals surface area contributed by atoms with E-state index in [2.05, 4.69) is 4.74 Å². The zero-order valence-corrected chi connectivity index (χ0v) is 12.4. The van der Waals surface area contributed by atoms with Crippen LogP contribution in [-0.4, -0.2) is 18.9 Å². The number of ketones is 1. The van der Waals surface area contributed by atoms with Crippen molar-refractivity contribution in [3.63, 3.8) is 0 Å². The summed E-state index contributed by atoms with van der Waals surface area (Å²) < 4.78 is 4.60. The molecule has 0 fully saturated rings. The Morgan fingerprint density at radius 2 is 1.48 bits per heavy atom. The molecule has 2 aromatic rings. The number of carbonyl (C=O) groups is 2. The van der Waals surface area contributed by atoms with Gasteiger partial charge in [0.25, 0.3) is 0 Å². The maximum absolute atomic E-state index is 12.2. The van der Waals surface area contributed by atoms with Crippen LogP contribution in [0.2, 0.25) is 0 Å². The molecule has 0 radical (unpaired) electrons. The predicted octanol–water partition coefficient (Wildman–Crippen LogP) is 3.31. The Hall–Kier alpha value is -2.62. The summed E-state index contributed by atoms with van der Waals surface area (Å²) in [7, 11) is 1.31. The van der Waals surface area contributed by atoms with Crippen molar-refractivity contribution in [3.05, 3.63) is 65.2 Å². The number of carbonyl (C=O) groups excluding carboxylic acids is 2. The van der Waals surface area contributed by atoms with Crippen LogP contribution in [0.25, 0.3) is 0 Å². The first-order chi connectivity index (χ1) is 10.1. The summed E-state index contributed by atoms with van der Waals surface area (Å²) in [6.45, 7) is 4.00. The fourth-order valence-corrected chi connectivity index (χ4v) is 1.72. The number of rotatable bonds is 3. The molecule has 0 heterocycles. The van der Waals surface area contributed by atoms with Crippen LogP contribution in [-0.2, 0) is 4.74 Å². The molecule has 0 aliphatic carbocycles. The smallest absolute Gasteiger partial charge is 0.337 e. The minimum atomic E-state index is -0.428. The highest BCUT2D eigenvalue weighted by atomic mass is 16.5. The molecule has 2 aromatic carbocycles. The summed E-state index contributed by atoms with van der Waals surface area (Å²) in [6, 6.07) is 13.1. The molecule has 0 saturated heterocycles. The summed E-state index contributed by atoms with van der Waals surface area (Å²) in [4.78, 5) is 23.5. The van der Waals surface area contributed by atoms with Gasteiger partial charge in [0.2, 0.25) is 0 Å². The van der Waals surface area contributed by atoms with Crippen molar-refractivity contribution in [2.75, 3.05) is 12.8 Å². The predicted molar refractivity (Wildman–Crippen MR) is 83.4 cm³/mol. The van der Waals surface area contributed by atoms with Crippen LogP contribution in [0.5, 0.6) is 0 Å². The van der Waals surface area contributed by atoms with Gasteiger partial charge in [0.15, 0.2) is 5.78 Å². The SMILES string of the molecule is CC.COC(=O)c1ccc(C(=O)c2cccc(N)c2)cc1. The average molecular weight is 285 g/mol. The van der Waals surface area contributed by atoms with Gasteiger partial charge in [-0.25, -0.2) is 4.79 Å². The number of nitrogens with two attached hydrogens (primary N) is 1. The van der Waals surface area contributed by atoms with Crippen molar-refractivity contribution in [2.24, 2.45) is 0 Å². The number of ether oxygens (including phenoxy) is 1. The van der Waals surface area contributed by atoms with Crippen LogP contribution >= 0.6 is 0 Å². The lowest BCUT2D eigenvalue weighted by molar-refractivity contribution is 0.0600. The number of benzene rings is 2. The third-order valence-corrected chi connectivity index (χ3v) is 2.72. The Bertz CT molecular complexity index is 618. The number of methoxy groups -OCH3 is 1. The molecule has 0 aliphatic rings. The van der Waals surface area contributed by atoms with Crippen LogP contribution in [0, 0.1) is 0 Å². The van der Waals surface area contributed by atoms with E-state index in [9.17, 15) is 9.59 Å². The zero-order valence-electron chi connectivity index (χ0n) is 12.4. The van der Waals surface area contributed by atoms with Crippen LogP contribution in [0.4, 0.5) is 5.69 Å². The van der Waals surface area contributed by atoms with Crippen LogP contribution in [0.3, 0.4) is 0 Å². The van der Waals surface area contributed by atoms with E-state index in [0.29, 0.717) is 22.4 Å². The average Bonchev–Trinajstić information content (AvgIpc) is 2.55. The van der Waals surface area contributed by atoms with Gasteiger partial charge in [0.05, 0.1) is 12.7 Å². The lowest BCUT2D eigenvalue weighted by Gasteiger charge is -2.03. The summed E-state index contributed by atoms with van der Waals surface area (Å²) in [5.74, 6) is -0.563. The lowest BCUT2D eigenvalue weighted by atomic mass is 10.0. The molecule has 110 valence electrons. The Morgan fingerprint density at radius 3 is 2.00 bits per heavy atom. The van der Waals surface area contributed by atoms with Crippen LogP contribution in [0.15, 0.2) is 48.5 Å². The van der Waals surface area contributed by atoms with E-state index in [1.165, 1.54) is 7.11 Å². The van der Waals surface area contributed by atoms with Crippen molar-refractivity contribution in [1.82, 2.24) is 0 Å². The van der Waals surface area contributed by atoms with Crippen molar-refractivity contribution >= 4 is 17.4 Å². The van der Waals surface area contributed by atoms with E-state index in [1.54, 1.807) is 48.5 Å². The third-order valence-electron chi connectivity index (χ3n) is 2.72. The van der Waals surface area contributed by atoms with Crippen molar-refractivity contribution in [2.45, 2.75) is 13.8 Å². The summed E-state index contributed by atoms with van der Waals surface area (Å²) >= 11 is 0. The molecule has 4 nitrogen and oxygen atoms in total. The highest BCUT2D eigenvalue weighted by Gasteiger charge is 2.11. The largest absolute Gasteiger partial charge is 0.465 e. The van der Waals surface area contributed by atoms with E-state index in [-0.39, 0.29) is 5.78 Å². The molecule has 0 aliphatic heterocycles. The van der Waals surface area contributed by atoms with E-state index >= 15 is 0 Å². The minimum absolute atomic E-state index is 0.135. The van der Waals surface area contributed by atoms with Crippen molar-refractivity contribution in [3.8, 4) is 0 Å². The number of esters is 1. The molecule has 0 bridgehead atoms. The van der Waals surface area contributed by atoms with Gasteiger partial charge in [-0.1, -0.05) is 38.1 Å². The quantitative estimate of drug-likeness (QED) is 0.533. The van der Waals surface area contributed by atoms with Gasteiger partial charge in [0, 0.05) is 16.8 Å². The van der Waals surface area contributed by atoms with Crippen LogP contribution in [0.1, 0.15) is 40.1 Å². The van der Waals surface area contributed by atoms with Gasteiger partial charge in [-0.2, -0.15) is 0 Å². The van der Waals surface area contributed by atoms with Gasteiger partial charge in [-0.05, 0) is 24.3 Å². The molecular weight excluding hydrogens is 266 g/mol. The minimum Gasteiger partial charge on any atom is -0.465 e. The molecule has 0 saturated carbocycles. The molecule has 0 unspecified atom stereocenters. The van der Waals surface area contributed by atoms with Gasteiger partial charge < -0.3 is 10.5 Å². The molecule has 4 heteroatoms. The van der Waals surface area contributed by atoms with E-state index in [1.807, 2.05) is 13.8 Å². The maximum Gasteiger partial charge on any atom is 0.337 e. The molecule has 0 atom stereocenters. The number of hydrogen-bond donors (Lipinski definition) is 1. The van der Waals surface area contributed by atoms with E-state index < -0.39 is 5.97 Å². The first-order valence-corrected chi connectivity index (χ1v) is 6.70. The molecule has 21 heavy (non-hydrogen) atoms. The zero-order chi connectivity index (χ0) is 15.8. The Labute approximate surface area is 124 Å². The normalized spacial score (nSPS) is 9.29. The molecule has 0 spiro atoms. The Balaban J connectivity index is 0.00000106. The number of hydrogen-bond acceptors (Lipinski definition) is 4. The molecule has 2 rings (SSSR count). The first kappa shape index (κ1) is 16.4. The fourth-order valence-electron chi connectivity index (χ4n) is 1.72. The highest BCUT2D eigenvalue weighted by Crippen LogP contribution is 2.14. The molecule has 0 amide bonds. The maximum atomic E-state index is 12.2. The second-order valence-electron chi connectivity index (χ2n) is 4.02. The molecular formula is C17H19NO3. The second kappa shape index (κ2) is 7.85. The number of nitrogen functional groups attached to an aromatic ring is 1. The van der Waals surface area contributed by atoms with E-state index in [4.69, 9.17) is 5.73 Å². The van der Waals surface area contributed by atoms with Gasteiger partial charge in [-0.3, -0.25) is 4.79 Å². The van der Waals surface area contributed by atoms with Crippen LogP contribution < -0.4 is 5.73 Å². The van der Waals surface area contributed by atoms with E-state index in [0.717, 1.165) is 0 Å². The number of anilines is 1. The van der Waals surface area contributed by atoms with Crippen molar-refractivity contribution in [1.29, 1.82) is 0 Å². The van der Waals surface area contributed by atoms with Gasteiger partial charge >= 0.3 is 5.97 Å². The fraction of sp³-hybridized carbons (Fsp3) is 0.176. The highest BCUT2D eigenvalue weighted by molar-refractivity contribution is 6.09. The monoisotopic (exact) mass is 285 g/mol.